The van der Waals surface area contributed by atoms with Crippen LogP contribution in [0, 0.1) is 17.2 Å². The summed E-state index contributed by atoms with van der Waals surface area (Å²) in [5.74, 6) is 0.639. The molecule has 2 aromatic rings. The highest BCUT2D eigenvalue weighted by molar-refractivity contribution is 7.16. The highest BCUT2D eigenvalue weighted by atomic mass is 32.1. The van der Waals surface area contributed by atoms with Gasteiger partial charge < -0.3 is 5.32 Å². The molecular weight excluding hydrogens is 352 g/mol. The third kappa shape index (κ3) is 4.59. The predicted octanol–water partition coefficient (Wildman–Crippen LogP) is 5.61. The molecule has 3 rings (SSSR count). The summed E-state index contributed by atoms with van der Waals surface area (Å²) in [6.45, 7) is 8.84. The largest absolute Gasteiger partial charge is 0.317 e. The minimum absolute atomic E-state index is 0.0157. The molecule has 1 aromatic heterocycles. The second-order valence-electron chi connectivity index (χ2n) is 8.66. The molecule has 1 aliphatic carbocycles. The molecule has 1 heterocycles. The Balaban J connectivity index is 1.62. The lowest BCUT2D eigenvalue weighted by Gasteiger charge is -2.19. The fraction of sp³-hybridized carbons (Fsp3) is 0.478. The van der Waals surface area contributed by atoms with Gasteiger partial charge in [0.25, 0.3) is 0 Å². The number of carbonyl (C=O) groups is 1. The molecule has 4 heteroatoms. The smallest absolute Gasteiger partial charge is 0.225 e. The molecule has 1 atom stereocenters. The van der Waals surface area contributed by atoms with Gasteiger partial charge in [-0.15, -0.1) is 11.3 Å². The Morgan fingerprint density at radius 2 is 2.00 bits per heavy atom. The summed E-state index contributed by atoms with van der Waals surface area (Å²) in [6, 6.07) is 10.8. The van der Waals surface area contributed by atoms with Crippen molar-refractivity contribution in [3.05, 3.63) is 51.4 Å². The van der Waals surface area contributed by atoms with Crippen LogP contribution in [-0.2, 0) is 29.5 Å². The van der Waals surface area contributed by atoms with E-state index in [1.165, 1.54) is 10.4 Å². The van der Waals surface area contributed by atoms with E-state index in [9.17, 15) is 10.1 Å². The van der Waals surface area contributed by atoms with Crippen molar-refractivity contribution >= 4 is 22.2 Å². The molecule has 1 N–H and O–H groups in total. The minimum atomic E-state index is -0.0157. The van der Waals surface area contributed by atoms with Crippen molar-refractivity contribution in [3.8, 4) is 6.07 Å². The molecule has 142 valence electrons. The summed E-state index contributed by atoms with van der Waals surface area (Å²) in [7, 11) is 0. The molecule has 0 bridgehead atoms. The van der Waals surface area contributed by atoms with Crippen LogP contribution in [0.1, 0.15) is 67.7 Å². The number of rotatable bonds is 4. The van der Waals surface area contributed by atoms with E-state index < -0.39 is 0 Å². The summed E-state index contributed by atoms with van der Waals surface area (Å²) in [4.78, 5) is 13.7. The predicted molar refractivity (Wildman–Crippen MR) is 112 cm³/mol. The number of thiophene rings is 1. The zero-order valence-corrected chi connectivity index (χ0v) is 17.5. The highest BCUT2D eigenvalue weighted by Crippen LogP contribution is 2.39. The maximum atomic E-state index is 12.4. The second-order valence-corrected chi connectivity index (χ2v) is 9.77. The fourth-order valence-corrected chi connectivity index (χ4v) is 4.95. The summed E-state index contributed by atoms with van der Waals surface area (Å²) in [6.07, 6.45) is 4.23. The third-order valence-electron chi connectivity index (χ3n) is 5.34. The second kappa shape index (κ2) is 7.86. The van der Waals surface area contributed by atoms with Crippen LogP contribution in [0.15, 0.2) is 24.3 Å². The van der Waals surface area contributed by atoms with Crippen molar-refractivity contribution < 1.29 is 4.79 Å². The first kappa shape index (κ1) is 19.6. The topological polar surface area (TPSA) is 52.9 Å². The van der Waals surface area contributed by atoms with E-state index in [1.807, 2.05) is 0 Å². The Morgan fingerprint density at radius 3 is 2.63 bits per heavy atom. The van der Waals surface area contributed by atoms with Crippen molar-refractivity contribution in [1.82, 2.24) is 0 Å². The van der Waals surface area contributed by atoms with Gasteiger partial charge in [-0.2, -0.15) is 5.26 Å². The molecule has 0 radical (unpaired) electrons. The van der Waals surface area contributed by atoms with Gasteiger partial charge >= 0.3 is 0 Å². The van der Waals surface area contributed by atoms with E-state index in [1.54, 1.807) is 11.3 Å². The van der Waals surface area contributed by atoms with E-state index >= 15 is 0 Å². The lowest BCUT2D eigenvalue weighted by Crippen LogP contribution is -2.13. The molecule has 1 aliphatic rings. The van der Waals surface area contributed by atoms with Crippen LogP contribution in [0.3, 0.4) is 0 Å². The van der Waals surface area contributed by atoms with Crippen LogP contribution in [0.2, 0.25) is 0 Å². The van der Waals surface area contributed by atoms with Crippen LogP contribution in [0.25, 0.3) is 0 Å². The highest BCUT2D eigenvalue weighted by Gasteiger charge is 2.24. The van der Waals surface area contributed by atoms with Crippen LogP contribution in [-0.4, -0.2) is 5.91 Å². The van der Waals surface area contributed by atoms with Crippen LogP contribution < -0.4 is 5.32 Å². The monoisotopic (exact) mass is 380 g/mol. The van der Waals surface area contributed by atoms with Gasteiger partial charge in [0.1, 0.15) is 11.1 Å². The Kier molecular flexibility index (Phi) is 5.72. The van der Waals surface area contributed by atoms with Crippen molar-refractivity contribution in [2.45, 2.75) is 65.2 Å². The molecule has 0 saturated heterocycles. The van der Waals surface area contributed by atoms with Crippen molar-refractivity contribution in [2.75, 3.05) is 5.32 Å². The Morgan fingerprint density at radius 1 is 1.30 bits per heavy atom. The third-order valence-corrected chi connectivity index (χ3v) is 6.51. The number of carbonyl (C=O) groups excluding carboxylic acids is 1. The molecule has 0 spiro atoms. The minimum Gasteiger partial charge on any atom is -0.317 e. The Bertz CT molecular complexity index is 866. The summed E-state index contributed by atoms with van der Waals surface area (Å²) in [5.41, 5.74) is 4.45. The summed E-state index contributed by atoms with van der Waals surface area (Å²) in [5, 5.41) is 13.3. The normalized spacial score (nSPS) is 16.5. The summed E-state index contributed by atoms with van der Waals surface area (Å²) >= 11 is 1.59. The van der Waals surface area contributed by atoms with Gasteiger partial charge in [-0.25, -0.2) is 0 Å². The maximum absolute atomic E-state index is 12.4. The quantitative estimate of drug-likeness (QED) is 0.749. The molecular formula is C23H28N2OS. The van der Waals surface area contributed by atoms with Gasteiger partial charge in [-0.3, -0.25) is 4.79 Å². The van der Waals surface area contributed by atoms with Crippen molar-refractivity contribution in [3.63, 3.8) is 0 Å². The first-order valence-electron chi connectivity index (χ1n) is 9.72. The molecule has 1 amide bonds. The van der Waals surface area contributed by atoms with E-state index in [4.69, 9.17) is 0 Å². The number of nitrogens with one attached hydrogen (secondary N) is 1. The molecule has 3 nitrogen and oxygen atoms in total. The van der Waals surface area contributed by atoms with Gasteiger partial charge in [0.15, 0.2) is 0 Å². The molecule has 0 fully saturated rings. The average Bonchev–Trinajstić information content (AvgIpc) is 2.95. The number of anilines is 1. The number of hydrogen-bond donors (Lipinski definition) is 1. The first-order chi connectivity index (χ1) is 12.8. The number of amides is 1. The van der Waals surface area contributed by atoms with Gasteiger partial charge in [0.2, 0.25) is 5.91 Å². The zero-order chi connectivity index (χ0) is 19.6. The molecule has 0 aliphatic heterocycles. The van der Waals surface area contributed by atoms with E-state index in [0.717, 1.165) is 35.4 Å². The number of benzene rings is 1. The lowest BCUT2D eigenvalue weighted by atomic mass is 9.86. The summed E-state index contributed by atoms with van der Waals surface area (Å²) < 4.78 is 0. The number of nitrogens with zero attached hydrogens (tertiary/aromatic N) is 1. The van der Waals surface area contributed by atoms with Crippen LogP contribution >= 0.6 is 11.3 Å². The van der Waals surface area contributed by atoms with Gasteiger partial charge in [-0.1, -0.05) is 52.0 Å². The van der Waals surface area contributed by atoms with Crippen LogP contribution in [0.4, 0.5) is 5.00 Å². The lowest BCUT2D eigenvalue weighted by molar-refractivity contribution is -0.116. The molecule has 0 saturated carbocycles. The van der Waals surface area contributed by atoms with Crippen molar-refractivity contribution in [1.29, 1.82) is 5.26 Å². The average molecular weight is 381 g/mol. The Hall–Kier alpha value is -2.12. The molecule has 27 heavy (non-hydrogen) atoms. The van der Waals surface area contributed by atoms with Gasteiger partial charge in [0.05, 0.1) is 5.56 Å². The van der Waals surface area contributed by atoms with Crippen molar-refractivity contribution in [2.24, 2.45) is 5.92 Å². The SMILES string of the molecule is CC1CCc2c(sc(NC(=O)CCc3ccc(C(C)(C)C)cc3)c2C#N)C1. The van der Waals surface area contributed by atoms with E-state index in [0.29, 0.717) is 24.3 Å². The zero-order valence-electron chi connectivity index (χ0n) is 16.7. The maximum Gasteiger partial charge on any atom is 0.225 e. The molecule has 1 aromatic carbocycles. The molecule has 1 unspecified atom stereocenters. The standard InChI is InChI=1S/C23H28N2OS/c1-15-5-11-18-19(14-24)22(27-20(18)13-15)25-21(26)12-8-16-6-9-17(10-7-16)23(2,3)4/h6-7,9-10,15H,5,8,11-13H2,1-4H3,(H,25,26). The van der Waals surface area contributed by atoms with E-state index in [2.05, 4.69) is 63.3 Å². The first-order valence-corrected chi connectivity index (χ1v) is 10.5. The van der Waals surface area contributed by atoms with Crippen LogP contribution in [0.5, 0.6) is 0 Å². The van der Waals surface area contributed by atoms with Gasteiger partial charge in [-0.05, 0) is 53.7 Å². The number of nitriles is 1. The number of fused-ring (bicyclic) bond motifs is 1. The fourth-order valence-electron chi connectivity index (χ4n) is 3.58. The Labute approximate surface area is 166 Å². The van der Waals surface area contributed by atoms with E-state index in [-0.39, 0.29) is 11.3 Å². The van der Waals surface area contributed by atoms with Gasteiger partial charge in [0, 0.05) is 11.3 Å². The number of hydrogen-bond acceptors (Lipinski definition) is 3. The number of aryl methyl sites for hydroxylation is 1.